The Hall–Kier alpha value is -1.55. The van der Waals surface area contributed by atoms with E-state index in [1.807, 2.05) is 12.1 Å². The molecule has 0 unspecified atom stereocenters. The molecule has 0 amide bonds. The zero-order valence-corrected chi connectivity index (χ0v) is 11.4. The van der Waals surface area contributed by atoms with Gasteiger partial charge >= 0.3 is 5.69 Å². The third-order valence-corrected chi connectivity index (χ3v) is 4.07. The van der Waals surface area contributed by atoms with Crippen LogP contribution in [0.3, 0.4) is 0 Å². The Morgan fingerprint density at radius 2 is 2.26 bits per heavy atom. The largest absolute Gasteiger partial charge is 0.323 e. The molecule has 4 nitrogen and oxygen atoms in total. The maximum absolute atomic E-state index is 11.5. The summed E-state index contributed by atoms with van der Waals surface area (Å²) < 4.78 is 0. The normalized spacial score (nSPS) is 21.0. The van der Waals surface area contributed by atoms with E-state index in [0.717, 1.165) is 17.6 Å². The van der Waals surface area contributed by atoms with E-state index in [9.17, 15) is 4.79 Å². The van der Waals surface area contributed by atoms with Gasteiger partial charge in [0.05, 0.1) is 11.0 Å². The van der Waals surface area contributed by atoms with Crippen LogP contribution in [-0.4, -0.2) is 34.5 Å². The van der Waals surface area contributed by atoms with Gasteiger partial charge in [-0.3, -0.25) is 0 Å². The molecule has 2 aromatic rings. The number of H-pyrrole nitrogens is 2. The second-order valence-electron chi connectivity index (χ2n) is 5.49. The van der Waals surface area contributed by atoms with Crippen LogP contribution in [0.4, 0.5) is 0 Å². The van der Waals surface area contributed by atoms with Crippen molar-refractivity contribution < 1.29 is 0 Å². The highest BCUT2D eigenvalue weighted by Crippen LogP contribution is 2.30. The summed E-state index contributed by atoms with van der Waals surface area (Å²) in [6.45, 7) is 5.73. The van der Waals surface area contributed by atoms with Crippen molar-refractivity contribution in [2.45, 2.75) is 32.1 Å². The van der Waals surface area contributed by atoms with Gasteiger partial charge in [0.15, 0.2) is 0 Å². The average Bonchev–Trinajstić information content (AvgIpc) is 2.79. The van der Waals surface area contributed by atoms with Crippen molar-refractivity contribution in [2.24, 2.45) is 0 Å². The Morgan fingerprint density at radius 1 is 1.37 bits per heavy atom. The quantitative estimate of drug-likeness (QED) is 0.889. The van der Waals surface area contributed by atoms with Gasteiger partial charge in [0.1, 0.15) is 0 Å². The number of aromatic nitrogens is 2. The van der Waals surface area contributed by atoms with Crippen LogP contribution >= 0.6 is 0 Å². The molecule has 1 aromatic heterocycles. The maximum atomic E-state index is 11.5. The molecule has 1 aromatic carbocycles. The zero-order valence-electron chi connectivity index (χ0n) is 11.4. The molecule has 0 aliphatic carbocycles. The molecule has 0 spiro atoms. The van der Waals surface area contributed by atoms with Gasteiger partial charge in [-0.1, -0.05) is 19.1 Å². The molecule has 1 aliphatic rings. The number of rotatable bonds is 3. The fraction of sp³-hybridized carbons (Fsp3) is 0.533. The van der Waals surface area contributed by atoms with Gasteiger partial charge in [-0.2, -0.15) is 0 Å². The van der Waals surface area contributed by atoms with E-state index >= 15 is 0 Å². The number of aromatic amines is 2. The standard InChI is InChI=1S/C15H21N3O/c1-2-8-18-9-4-5-11(10-18)12-6-3-7-13-14(12)17-15(19)16-13/h3,6-7,11H,2,4-5,8-10H2,1H3,(H2,16,17,19)/t11-/m1/s1. The fourth-order valence-corrected chi connectivity index (χ4v) is 3.25. The molecule has 1 aliphatic heterocycles. The minimum absolute atomic E-state index is 0.108. The molecular weight excluding hydrogens is 238 g/mol. The van der Waals surface area contributed by atoms with E-state index in [1.54, 1.807) is 0 Å². The monoisotopic (exact) mass is 259 g/mol. The van der Waals surface area contributed by atoms with Crippen LogP contribution in [0.5, 0.6) is 0 Å². The van der Waals surface area contributed by atoms with Gasteiger partial charge in [-0.15, -0.1) is 0 Å². The van der Waals surface area contributed by atoms with Gasteiger partial charge in [-0.25, -0.2) is 4.79 Å². The average molecular weight is 259 g/mol. The molecule has 19 heavy (non-hydrogen) atoms. The minimum atomic E-state index is -0.108. The van der Waals surface area contributed by atoms with Crippen LogP contribution in [0.2, 0.25) is 0 Å². The molecule has 0 bridgehead atoms. The molecule has 4 heteroatoms. The van der Waals surface area contributed by atoms with Crippen LogP contribution in [0, 0.1) is 0 Å². The van der Waals surface area contributed by atoms with E-state index < -0.39 is 0 Å². The summed E-state index contributed by atoms with van der Waals surface area (Å²) in [5, 5.41) is 0. The highest BCUT2D eigenvalue weighted by Gasteiger charge is 2.22. The second-order valence-corrected chi connectivity index (χ2v) is 5.49. The number of likely N-dealkylation sites (tertiary alicyclic amines) is 1. The molecule has 2 heterocycles. The maximum Gasteiger partial charge on any atom is 0.323 e. The van der Waals surface area contributed by atoms with Crippen molar-refractivity contribution in [2.75, 3.05) is 19.6 Å². The highest BCUT2D eigenvalue weighted by molar-refractivity contribution is 5.78. The first-order valence-electron chi connectivity index (χ1n) is 7.21. The molecule has 0 saturated carbocycles. The Balaban J connectivity index is 1.92. The lowest BCUT2D eigenvalue weighted by Gasteiger charge is -2.32. The SMILES string of the molecule is CCCN1CCC[C@@H](c2cccc3[nH]c(=O)[nH]c23)C1. The third kappa shape index (κ3) is 2.45. The van der Waals surface area contributed by atoms with Crippen LogP contribution in [0.25, 0.3) is 11.0 Å². The molecule has 1 fully saturated rings. The van der Waals surface area contributed by atoms with Crippen molar-refractivity contribution in [3.63, 3.8) is 0 Å². The zero-order chi connectivity index (χ0) is 13.2. The van der Waals surface area contributed by atoms with E-state index in [4.69, 9.17) is 0 Å². The fourth-order valence-electron chi connectivity index (χ4n) is 3.25. The van der Waals surface area contributed by atoms with Crippen molar-refractivity contribution in [3.8, 4) is 0 Å². The van der Waals surface area contributed by atoms with Crippen LogP contribution in [0.15, 0.2) is 23.0 Å². The van der Waals surface area contributed by atoms with E-state index in [2.05, 4.69) is 27.9 Å². The first-order valence-corrected chi connectivity index (χ1v) is 7.21. The van der Waals surface area contributed by atoms with Crippen molar-refractivity contribution in [3.05, 3.63) is 34.2 Å². The highest BCUT2D eigenvalue weighted by atomic mass is 16.1. The minimum Gasteiger partial charge on any atom is -0.306 e. The first-order chi connectivity index (χ1) is 9.28. The lowest BCUT2D eigenvalue weighted by molar-refractivity contribution is 0.209. The van der Waals surface area contributed by atoms with Crippen LogP contribution in [-0.2, 0) is 0 Å². The number of para-hydroxylation sites is 1. The molecule has 2 N–H and O–H groups in total. The Bertz CT molecular complexity index is 611. The first kappa shape index (κ1) is 12.5. The molecular formula is C15H21N3O. The number of nitrogens with one attached hydrogen (secondary N) is 2. The van der Waals surface area contributed by atoms with Gasteiger partial charge in [-0.05, 0) is 49.9 Å². The summed E-state index contributed by atoms with van der Waals surface area (Å²) in [5.41, 5.74) is 3.10. The topological polar surface area (TPSA) is 51.9 Å². The van der Waals surface area contributed by atoms with Crippen molar-refractivity contribution >= 4 is 11.0 Å². The van der Waals surface area contributed by atoms with Gasteiger partial charge in [0.25, 0.3) is 0 Å². The molecule has 1 atom stereocenters. The number of hydrogen-bond donors (Lipinski definition) is 2. The third-order valence-electron chi connectivity index (χ3n) is 4.07. The Morgan fingerprint density at radius 3 is 3.11 bits per heavy atom. The summed E-state index contributed by atoms with van der Waals surface area (Å²) in [6.07, 6.45) is 3.67. The smallest absolute Gasteiger partial charge is 0.306 e. The molecule has 1 saturated heterocycles. The second kappa shape index (κ2) is 5.21. The van der Waals surface area contributed by atoms with Crippen LogP contribution < -0.4 is 5.69 Å². The van der Waals surface area contributed by atoms with E-state index in [1.165, 1.54) is 37.9 Å². The summed E-state index contributed by atoms with van der Waals surface area (Å²) in [6, 6.07) is 6.16. The van der Waals surface area contributed by atoms with E-state index in [0.29, 0.717) is 5.92 Å². The Labute approximate surface area is 112 Å². The predicted molar refractivity (Wildman–Crippen MR) is 77.6 cm³/mol. The number of nitrogens with zero attached hydrogens (tertiary/aromatic N) is 1. The summed E-state index contributed by atoms with van der Waals surface area (Å²) in [4.78, 5) is 19.8. The number of piperidine rings is 1. The number of benzene rings is 1. The number of imidazole rings is 1. The summed E-state index contributed by atoms with van der Waals surface area (Å²) >= 11 is 0. The molecule has 102 valence electrons. The van der Waals surface area contributed by atoms with Crippen molar-refractivity contribution in [1.29, 1.82) is 0 Å². The molecule has 0 radical (unpaired) electrons. The van der Waals surface area contributed by atoms with Gasteiger partial charge in [0.2, 0.25) is 0 Å². The number of hydrogen-bond acceptors (Lipinski definition) is 2. The van der Waals surface area contributed by atoms with Gasteiger partial charge < -0.3 is 14.9 Å². The predicted octanol–water partition coefficient (Wildman–Crippen LogP) is 2.45. The summed E-state index contributed by atoms with van der Waals surface area (Å²) in [7, 11) is 0. The van der Waals surface area contributed by atoms with Crippen molar-refractivity contribution in [1.82, 2.24) is 14.9 Å². The lowest BCUT2D eigenvalue weighted by atomic mass is 9.89. The summed E-state index contributed by atoms with van der Waals surface area (Å²) in [5.74, 6) is 0.537. The number of fused-ring (bicyclic) bond motifs is 1. The van der Waals surface area contributed by atoms with Gasteiger partial charge in [0, 0.05) is 6.54 Å². The van der Waals surface area contributed by atoms with E-state index in [-0.39, 0.29) is 5.69 Å². The molecule has 3 rings (SSSR count). The van der Waals surface area contributed by atoms with Crippen LogP contribution in [0.1, 0.15) is 37.7 Å². The lowest BCUT2D eigenvalue weighted by Crippen LogP contribution is -2.34. The Kier molecular flexibility index (Phi) is 3.42.